The summed E-state index contributed by atoms with van der Waals surface area (Å²) < 4.78 is 33.3. The molecule has 1 N–H and O–H groups in total. The average molecular weight is 304 g/mol. The Morgan fingerprint density at radius 3 is 2.57 bits per heavy atom. The molecule has 0 radical (unpaired) electrons. The highest BCUT2D eigenvalue weighted by Crippen LogP contribution is 2.35. The Morgan fingerprint density at radius 1 is 1.19 bits per heavy atom. The highest BCUT2D eigenvalue weighted by molar-refractivity contribution is 7.86. The topological polar surface area (TPSA) is 71.4 Å². The van der Waals surface area contributed by atoms with E-state index in [0.717, 1.165) is 18.4 Å². The summed E-state index contributed by atoms with van der Waals surface area (Å²) in [6, 6.07) is 7.14. The van der Waals surface area contributed by atoms with E-state index in [4.69, 9.17) is 0 Å². The molecule has 3 rings (SSSR count). The van der Waals surface area contributed by atoms with Crippen LogP contribution in [-0.4, -0.2) is 24.0 Å². The van der Waals surface area contributed by atoms with E-state index in [-0.39, 0.29) is 5.78 Å². The van der Waals surface area contributed by atoms with Crippen molar-refractivity contribution >= 4 is 15.9 Å². The predicted octanol–water partition coefficient (Wildman–Crippen LogP) is 2.57. The summed E-state index contributed by atoms with van der Waals surface area (Å²) in [5.41, 5.74) is 1.94. The van der Waals surface area contributed by atoms with Crippen LogP contribution in [0, 0.1) is 5.92 Å². The number of fused-ring (bicyclic) bond motifs is 1. The van der Waals surface area contributed by atoms with Crippen molar-refractivity contribution < 1.29 is 17.8 Å². The lowest BCUT2D eigenvalue weighted by Gasteiger charge is -2.22. The third-order valence-electron chi connectivity index (χ3n) is 4.10. The Hall–Kier alpha value is -1.72. The molecular formula is C16H16O4S. The second-order valence-corrected chi connectivity index (χ2v) is 6.99. The van der Waals surface area contributed by atoms with Gasteiger partial charge in [0, 0.05) is 11.5 Å². The normalized spacial score (nSPS) is 22.8. The van der Waals surface area contributed by atoms with Gasteiger partial charge in [0.25, 0.3) is 10.1 Å². The molecule has 0 amide bonds. The van der Waals surface area contributed by atoms with Gasteiger partial charge < -0.3 is 0 Å². The van der Waals surface area contributed by atoms with Crippen molar-refractivity contribution in [3.8, 4) is 0 Å². The molecular weight excluding hydrogens is 288 g/mol. The monoisotopic (exact) mass is 304 g/mol. The lowest BCUT2D eigenvalue weighted by molar-refractivity contribution is 0.0936. The van der Waals surface area contributed by atoms with Gasteiger partial charge in [-0.25, -0.2) is 0 Å². The van der Waals surface area contributed by atoms with Gasteiger partial charge in [-0.05, 0) is 30.4 Å². The molecule has 0 bridgehead atoms. The zero-order valence-electron chi connectivity index (χ0n) is 11.4. The molecule has 0 saturated heterocycles. The van der Waals surface area contributed by atoms with Crippen LogP contribution >= 0.6 is 0 Å². The molecule has 21 heavy (non-hydrogen) atoms. The summed E-state index contributed by atoms with van der Waals surface area (Å²) in [7, 11) is -4.34. The molecule has 110 valence electrons. The molecule has 4 nitrogen and oxygen atoms in total. The van der Waals surface area contributed by atoms with E-state index < -0.39 is 21.3 Å². The third kappa shape index (κ3) is 2.59. The van der Waals surface area contributed by atoms with Crippen molar-refractivity contribution in [2.45, 2.75) is 24.5 Å². The standard InChI is InChI=1S/C16H16O4S/c17-15-13-9-5-4-8-12(13)10-14(15)16(21(18,19)20)11-6-2-1-3-7-11/h2,4-9,14,16H,1,3,10H2,(H,18,19,20). The highest BCUT2D eigenvalue weighted by Gasteiger charge is 2.43. The first-order chi connectivity index (χ1) is 9.98. The minimum Gasteiger partial charge on any atom is -0.294 e. The van der Waals surface area contributed by atoms with Crippen molar-refractivity contribution in [2.75, 3.05) is 0 Å². The summed E-state index contributed by atoms with van der Waals surface area (Å²) in [4.78, 5) is 12.5. The number of Topliss-reactive ketones (excluding diaryl/α,β-unsaturated/α-hetero) is 1. The molecule has 0 aromatic heterocycles. The maximum Gasteiger partial charge on any atom is 0.272 e. The lowest BCUT2D eigenvalue weighted by Crippen LogP contribution is -2.35. The number of hydrogen-bond donors (Lipinski definition) is 1. The molecule has 0 heterocycles. The van der Waals surface area contributed by atoms with Gasteiger partial charge >= 0.3 is 0 Å². The van der Waals surface area contributed by atoms with Crippen molar-refractivity contribution in [1.29, 1.82) is 0 Å². The molecule has 2 aliphatic rings. The number of rotatable bonds is 3. The van der Waals surface area contributed by atoms with Crippen LogP contribution in [0.1, 0.15) is 28.8 Å². The molecule has 0 saturated carbocycles. The molecule has 2 aliphatic carbocycles. The van der Waals surface area contributed by atoms with Gasteiger partial charge in [0.2, 0.25) is 0 Å². The van der Waals surface area contributed by atoms with Crippen molar-refractivity contribution in [3.05, 3.63) is 59.2 Å². The van der Waals surface area contributed by atoms with Crippen LogP contribution < -0.4 is 0 Å². The van der Waals surface area contributed by atoms with E-state index in [2.05, 4.69) is 0 Å². The molecule has 2 atom stereocenters. The minimum atomic E-state index is -4.34. The van der Waals surface area contributed by atoms with E-state index in [1.807, 2.05) is 18.2 Å². The average Bonchev–Trinajstić information content (AvgIpc) is 2.77. The number of benzene rings is 1. The highest BCUT2D eigenvalue weighted by atomic mass is 32.2. The fraction of sp³-hybridized carbons (Fsp3) is 0.312. The van der Waals surface area contributed by atoms with E-state index in [1.165, 1.54) is 0 Å². The predicted molar refractivity (Wildman–Crippen MR) is 79.8 cm³/mol. The first kappa shape index (κ1) is 14.2. The third-order valence-corrected chi connectivity index (χ3v) is 5.34. The summed E-state index contributed by atoms with van der Waals surface area (Å²) >= 11 is 0. The fourth-order valence-electron chi connectivity index (χ4n) is 3.17. The van der Waals surface area contributed by atoms with Crippen LogP contribution in [0.2, 0.25) is 0 Å². The van der Waals surface area contributed by atoms with Gasteiger partial charge in [0.05, 0.1) is 0 Å². The van der Waals surface area contributed by atoms with E-state index in [0.29, 0.717) is 17.6 Å². The molecule has 1 aromatic rings. The van der Waals surface area contributed by atoms with Gasteiger partial charge in [0.1, 0.15) is 5.25 Å². The molecule has 0 fully saturated rings. The van der Waals surface area contributed by atoms with E-state index in [1.54, 1.807) is 24.3 Å². The van der Waals surface area contributed by atoms with Gasteiger partial charge in [-0.3, -0.25) is 9.35 Å². The largest absolute Gasteiger partial charge is 0.294 e. The first-order valence-electron chi connectivity index (χ1n) is 6.93. The van der Waals surface area contributed by atoms with E-state index in [9.17, 15) is 17.8 Å². The zero-order chi connectivity index (χ0) is 15.0. The van der Waals surface area contributed by atoms with E-state index >= 15 is 0 Å². The van der Waals surface area contributed by atoms with Crippen LogP contribution in [-0.2, 0) is 16.5 Å². The van der Waals surface area contributed by atoms with Crippen molar-refractivity contribution in [2.24, 2.45) is 5.92 Å². The van der Waals surface area contributed by atoms with Gasteiger partial charge in [-0.15, -0.1) is 0 Å². The molecule has 5 heteroatoms. The van der Waals surface area contributed by atoms with Crippen LogP contribution in [0.5, 0.6) is 0 Å². The van der Waals surface area contributed by atoms with Crippen molar-refractivity contribution in [1.82, 2.24) is 0 Å². The number of carbonyl (C=O) groups is 1. The number of ketones is 1. The fourth-order valence-corrected chi connectivity index (χ4v) is 4.32. The summed E-state index contributed by atoms with van der Waals surface area (Å²) in [6.45, 7) is 0. The molecule has 0 spiro atoms. The quantitative estimate of drug-likeness (QED) is 0.871. The lowest BCUT2D eigenvalue weighted by atomic mass is 9.92. The van der Waals surface area contributed by atoms with Crippen LogP contribution in [0.4, 0.5) is 0 Å². The second kappa shape index (κ2) is 5.24. The van der Waals surface area contributed by atoms with Crippen LogP contribution in [0.3, 0.4) is 0 Å². The van der Waals surface area contributed by atoms with Gasteiger partial charge in [0.15, 0.2) is 5.78 Å². The summed E-state index contributed by atoms with van der Waals surface area (Å²) in [5, 5.41) is -1.17. The Labute approximate surface area is 123 Å². The number of allylic oxidation sites excluding steroid dienone is 3. The first-order valence-corrected chi connectivity index (χ1v) is 8.44. The van der Waals surface area contributed by atoms with Crippen LogP contribution in [0.15, 0.2) is 48.1 Å². The Kier molecular flexibility index (Phi) is 3.55. The maximum absolute atomic E-state index is 12.5. The summed E-state index contributed by atoms with van der Waals surface area (Å²) in [6.07, 6.45) is 7.31. The number of hydrogen-bond acceptors (Lipinski definition) is 3. The maximum atomic E-state index is 12.5. The Balaban J connectivity index is 2.02. The van der Waals surface area contributed by atoms with Gasteiger partial charge in [-0.2, -0.15) is 8.42 Å². The second-order valence-electron chi connectivity index (χ2n) is 5.45. The van der Waals surface area contributed by atoms with Gasteiger partial charge in [-0.1, -0.05) is 42.5 Å². The van der Waals surface area contributed by atoms with Crippen molar-refractivity contribution in [3.63, 3.8) is 0 Å². The van der Waals surface area contributed by atoms with Crippen LogP contribution in [0.25, 0.3) is 0 Å². The zero-order valence-corrected chi connectivity index (χ0v) is 12.2. The molecule has 0 aliphatic heterocycles. The molecule has 2 unspecified atom stereocenters. The number of carbonyl (C=O) groups excluding carboxylic acids is 1. The molecule has 1 aromatic carbocycles. The Bertz CT molecular complexity index is 743. The summed E-state index contributed by atoms with van der Waals surface area (Å²) in [5.74, 6) is -0.945. The minimum absolute atomic E-state index is 0.201. The SMILES string of the molecule is O=C1c2ccccc2CC1C(C1=CCCC=C1)S(=O)(=O)O. The smallest absolute Gasteiger partial charge is 0.272 e. The Morgan fingerprint density at radius 2 is 1.95 bits per heavy atom.